The van der Waals surface area contributed by atoms with Gasteiger partial charge in [0.25, 0.3) is 5.69 Å². The van der Waals surface area contributed by atoms with Gasteiger partial charge in [-0.25, -0.2) is 0 Å². The number of nitrogens with zero attached hydrogens (tertiary/aromatic N) is 2. The maximum Gasteiger partial charge on any atom is 0.278 e. The quantitative estimate of drug-likeness (QED) is 0.634. The number of nitro benzene ring substituents is 1. The third-order valence-corrected chi connectivity index (χ3v) is 2.67. The predicted molar refractivity (Wildman–Crippen MR) is 70.1 cm³/mol. The van der Waals surface area contributed by atoms with Crippen LogP contribution in [0.4, 0.5) is 5.69 Å². The summed E-state index contributed by atoms with van der Waals surface area (Å²) in [6.45, 7) is 0. The standard InChI is InChI=1S/C11H13BrN2O3/c1-13(2)5-4-8-6-11(17-3)9(12)7-10(8)14(15)16/h4-7H,1-3H3/b5-4+. The smallest absolute Gasteiger partial charge is 0.278 e. The van der Waals surface area contributed by atoms with Gasteiger partial charge in [-0.3, -0.25) is 10.1 Å². The molecule has 5 nitrogen and oxygen atoms in total. The zero-order valence-corrected chi connectivity index (χ0v) is 11.4. The fourth-order valence-corrected chi connectivity index (χ4v) is 1.73. The van der Waals surface area contributed by atoms with E-state index in [9.17, 15) is 10.1 Å². The lowest BCUT2D eigenvalue weighted by molar-refractivity contribution is -0.385. The summed E-state index contributed by atoms with van der Waals surface area (Å²) in [5, 5.41) is 10.9. The van der Waals surface area contributed by atoms with Crippen LogP contribution in [-0.4, -0.2) is 31.0 Å². The topological polar surface area (TPSA) is 55.6 Å². The zero-order chi connectivity index (χ0) is 13.0. The molecule has 0 N–H and O–H groups in total. The lowest BCUT2D eigenvalue weighted by atomic mass is 10.1. The van der Waals surface area contributed by atoms with Crippen LogP contribution >= 0.6 is 15.9 Å². The number of rotatable bonds is 4. The van der Waals surface area contributed by atoms with Gasteiger partial charge >= 0.3 is 0 Å². The minimum absolute atomic E-state index is 0.0378. The molecule has 0 radical (unpaired) electrons. The second-order valence-corrected chi connectivity index (χ2v) is 4.44. The van der Waals surface area contributed by atoms with Gasteiger partial charge in [0.1, 0.15) is 5.75 Å². The molecule has 0 atom stereocenters. The van der Waals surface area contributed by atoms with E-state index < -0.39 is 4.92 Å². The largest absolute Gasteiger partial charge is 0.496 e. The van der Waals surface area contributed by atoms with E-state index in [-0.39, 0.29) is 5.69 Å². The fraction of sp³-hybridized carbons (Fsp3) is 0.273. The average molecular weight is 301 g/mol. The molecule has 0 spiro atoms. The van der Waals surface area contributed by atoms with Crippen molar-refractivity contribution < 1.29 is 9.66 Å². The third-order valence-electron chi connectivity index (χ3n) is 2.05. The van der Waals surface area contributed by atoms with Crippen molar-refractivity contribution in [1.29, 1.82) is 0 Å². The van der Waals surface area contributed by atoms with Crippen LogP contribution in [0, 0.1) is 10.1 Å². The Balaban J connectivity index is 3.29. The predicted octanol–water partition coefficient (Wildman–Crippen LogP) is 2.90. The van der Waals surface area contributed by atoms with Gasteiger partial charge in [0, 0.05) is 20.2 Å². The van der Waals surface area contributed by atoms with Crippen LogP contribution in [0.2, 0.25) is 0 Å². The van der Waals surface area contributed by atoms with Crippen molar-refractivity contribution in [3.8, 4) is 5.75 Å². The van der Waals surface area contributed by atoms with E-state index in [0.29, 0.717) is 15.8 Å². The van der Waals surface area contributed by atoms with E-state index in [0.717, 1.165) is 0 Å². The first kappa shape index (κ1) is 13.5. The molecule has 0 aliphatic rings. The highest BCUT2D eigenvalue weighted by Gasteiger charge is 2.15. The molecular weight excluding hydrogens is 288 g/mol. The summed E-state index contributed by atoms with van der Waals surface area (Å²) in [6, 6.07) is 3.07. The molecule has 0 aliphatic heterocycles. The Labute approximate surface area is 108 Å². The first-order chi connectivity index (χ1) is 7.95. The van der Waals surface area contributed by atoms with Crippen LogP contribution in [0.5, 0.6) is 5.75 Å². The van der Waals surface area contributed by atoms with Crippen LogP contribution in [0.1, 0.15) is 5.56 Å². The van der Waals surface area contributed by atoms with E-state index in [1.165, 1.54) is 13.2 Å². The molecule has 92 valence electrons. The fourth-order valence-electron chi connectivity index (χ4n) is 1.24. The number of ether oxygens (including phenoxy) is 1. The molecule has 0 unspecified atom stereocenters. The summed E-state index contributed by atoms with van der Waals surface area (Å²) in [5.74, 6) is 0.564. The number of hydrogen-bond donors (Lipinski definition) is 0. The summed E-state index contributed by atoms with van der Waals surface area (Å²) in [5.41, 5.74) is 0.541. The second kappa shape index (κ2) is 5.67. The van der Waals surface area contributed by atoms with Gasteiger partial charge < -0.3 is 9.64 Å². The van der Waals surface area contributed by atoms with Crippen molar-refractivity contribution in [3.05, 3.63) is 38.5 Å². The van der Waals surface area contributed by atoms with Crippen molar-refractivity contribution in [3.63, 3.8) is 0 Å². The molecule has 0 saturated carbocycles. The molecule has 0 saturated heterocycles. The van der Waals surface area contributed by atoms with Gasteiger partial charge in [-0.1, -0.05) is 0 Å². The molecular formula is C11H13BrN2O3. The van der Waals surface area contributed by atoms with Gasteiger partial charge in [0.05, 0.1) is 22.1 Å². The SMILES string of the molecule is COc1cc(/C=C/N(C)C)c([N+](=O)[O-])cc1Br. The molecule has 1 rings (SSSR count). The first-order valence-corrected chi connectivity index (χ1v) is 5.61. The van der Waals surface area contributed by atoms with Gasteiger partial charge in [0.2, 0.25) is 0 Å². The maximum absolute atomic E-state index is 10.9. The highest BCUT2D eigenvalue weighted by molar-refractivity contribution is 9.10. The van der Waals surface area contributed by atoms with Crippen molar-refractivity contribution >= 4 is 27.7 Å². The highest BCUT2D eigenvalue weighted by atomic mass is 79.9. The Kier molecular flexibility index (Phi) is 4.51. The van der Waals surface area contributed by atoms with Crippen LogP contribution in [0.3, 0.4) is 0 Å². The summed E-state index contributed by atoms with van der Waals surface area (Å²) < 4.78 is 5.67. The normalized spacial score (nSPS) is 10.6. The van der Waals surface area contributed by atoms with Crippen LogP contribution < -0.4 is 4.74 Å². The van der Waals surface area contributed by atoms with E-state index >= 15 is 0 Å². The Bertz CT molecular complexity index is 458. The Hall–Kier alpha value is -1.56. The van der Waals surface area contributed by atoms with Crippen molar-refractivity contribution in [2.75, 3.05) is 21.2 Å². The van der Waals surface area contributed by atoms with E-state index in [4.69, 9.17) is 4.74 Å². The van der Waals surface area contributed by atoms with Gasteiger partial charge in [-0.15, -0.1) is 0 Å². The van der Waals surface area contributed by atoms with E-state index in [2.05, 4.69) is 15.9 Å². The number of benzene rings is 1. The highest BCUT2D eigenvalue weighted by Crippen LogP contribution is 2.33. The molecule has 0 aromatic heterocycles. The molecule has 0 heterocycles. The Morgan fingerprint density at radius 3 is 2.59 bits per heavy atom. The first-order valence-electron chi connectivity index (χ1n) is 4.82. The summed E-state index contributed by atoms with van der Waals surface area (Å²) in [4.78, 5) is 12.3. The van der Waals surface area contributed by atoms with Crippen LogP contribution in [-0.2, 0) is 0 Å². The average Bonchev–Trinajstić information content (AvgIpc) is 2.26. The Morgan fingerprint density at radius 2 is 2.12 bits per heavy atom. The minimum atomic E-state index is -0.417. The van der Waals surface area contributed by atoms with Crippen molar-refractivity contribution in [2.24, 2.45) is 0 Å². The molecule has 0 bridgehead atoms. The second-order valence-electron chi connectivity index (χ2n) is 3.58. The van der Waals surface area contributed by atoms with Crippen LogP contribution in [0.15, 0.2) is 22.8 Å². The van der Waals surface area contributed by atoms with E-state index in [1.807, 2.05) is 14.1 Å². The molecule has 6 heteroatoms. The monoisotopic (exact) mass is 300 g/mol. The van der Waals surface area contributed by atoms with Gasteiger partial charge in [0.15, 0.2) is 0 Å². The maximum atomic E-state index is 10.9. The van der Waals surface area contributed by atoms with Gasteiger partial charge in [-0.05, 0) is 34.3 Å². The van der Waals surface area contributed by atoms with E-state index in [1.54, 1.807) is 23.2 Å². The lowest BCUT2D eigenvalue weighted by Crippen LogP contribution is -2.00. The molecule has 1 aromatic rings. The Morgan fingerprint density at radius 1 is 1.47 bits per heavy atom. The van der Waals surface area contributed by atoms with Crippen LogP contribution in [0.25, 0.3) is 6.08 Å². The summed E-state index contributed by atoms with van der Waals surface area (Å²) in [6.07, 6.45) is 3.42. The number of halogens is 1. The number of nitro groups is 1. The molecule has 1 aromatic carbocycles. The van der Waals surface area contributed by atoms with Crippen molar-refractivity contribution in [1.82, 2.24) is 4.90 Å². The summed E-state index contributed by atoms with van der Waals surface area (Å²) >= 11 is 3.23. The zero-order valence-electron chi connectivity index (χ0n) is 9.81. The lowest BCUT2D eigenvalue weighted by Gasteiger charge is -2.07. The van der Waals surface area contributed by atoms with Gasteiger partial charge in [-0.2, -0.15) is 0 Å². The number of methoxy groups -OCH3 is 1. The minimum Gasteiger partial charge on any atom is -0.496 e. The third kappa shape index (κ3) is 3.45. The molecule has 0 amide bonds. The molecule has 0 aliphatic carbocycles. The molecule has 0 fully saturated rings. The number of hydrogen-bond acceptors (Lipinski definition) is 4. The summed E-state index contributed by atoms with van der Waals surface area (Å²) in [7, 11) is 5.21. The molecule has 17 heavy (non-hydrogen) atoms. The van der Waals surface area contributed by atoms with Crippen molar-refractivity contribution in [2.45, 2.75) is 0 Å².